The summed E-state index contributed by atoms with van der Waals surface area (Å²) in [5.41, 5.74) is 0.383. The molecule has 0 bridgehead atoms. The van der Waals surface area contributed by atoms with Gasteiger partial charge in [0.2, 0.25) is 5.91 Å². The Morgan fingerprint density at radius 2 is 1.86 bits per heavy atom. The standard InChI is InChI=1S/C12H25NO/c1-5-6-8-11(14)13-10-7-9-12(2,3)4/h5-10H2,1-4H3,(H,13,14). The third-order valence-electron chi connectivity index (χ3n) is 2.18. The fourth-order valence-corrected chi connectivity index (χ4v) is 1.27. The molecule has 14 heavy (non-hydrogen) atoms. The van der Waals surface area contributed by atoms with E-state index in [1.807, 2.05) is 0 Å². The first kappa shape index (κ1) is 13.5. The van der Waals surface area contributed by atoms with E-state index in [4.69, 9.17) is 0 Å². The summed E-state index contributed by atoms with van der Waals surface area (Å²) >= 11 is 0. The molecule has 0 heterocycles. The third kappa shape index (κ3) is 9.56. The molecule has 0 aliphatic carbocycles. The highest BCUT2D eigenvalue weighted by atomic mass is 16.1. The topological polar surface area (TPSA) is 29.1 Å². The van der Waals surface area contributed by atoms with Crippen molar-refractivity contribution in [1.82, 2.24) is 5.32 Å². The molecule has 2 nitrogen and oxygen atoms in total. The summed E-state index contributed by atoms with van der Waals surface area (Å²) in [5.74, 6) is 0.209. The second-order valence-corrected chi connectivity index (χ2v) is 5.12. The molecule has 1 amide bonds. The van der Waals surface area contributed by atoms with Crippen molar-refractivity contribution in [2.45, 2.75) is 59.8 Å². The molecule has 0 aromatic heterocycles. The van der Waals surface area contributed by atoms with Crippen LogP contribution in [0.15, 0.2) is 0 Å². The quantitative estimate of drug-likeness (QED) is 0.654. The van der Waals surface area contributed by atoms with Gasteiger partial charge in [0.15, 0.2) is 0 Å². The first-order chi connectivity index (χ1) is 6.45. The van der Waals surface area contributed by atoms with Crippen molar-refractivity contribution in [3.8, 4) is 0 Å². The van der Waals surface area contributed by atoms with Crippen LogP contribution in [0.1, 0.15) is 59.8 Å². The minimum atomic E-state index is 0.209. The highest BCUT2D eigenvalue weighted by Gasteiger charge is 2.09. The second-order valence-electron chi connectivity index (χ2n) is 5.12. The van der Waals surface area contributed by atoms with Gasteiger partial charge < -0.3 is 5.32 Å². The van der Waals surface area contributed by atoms with Crippen LogP contribution in [0.2, 0.25) is 0 Å². The molecular formula is C12H25NO. The average molecular weight is 199 g/mol. The Morgan fingerprint density at radius 1 is 1.21 bits per heavy atom. The summed E-state index contributed by atoms with van der Waals surface area (Å²) in [6.07, 6.45) is 5.04. The molecule has 0 atom stereocenters. The van der Waals surface area contributed by atoms with E-state index in [1.165, 1.54) is 6.42 Å². The van der Waals surface area contributed by atoms with Crippen LogP contribution in [0, 0.1) is 5.41 Å². The summed E-state index contributed by atoms with van der Waals surface area (Å²) in [4.78, 5) is 11.2. The Bertz CT molecular complexity index is 158. The molecule has 0 fully saturated rings. The lowest BCUT2D eigenvalue weighted by atomic mass is 9.91. The summed E-state index contributed by atoms with van der Waals surface area (Å²) in [5, 5.41) is 2.95. The smallest absolute Gasteiger partial charge is 0.219 e. The van der Waals surface area contributed by atoms with Crippen LogP contribution in [-0.2, 0) is 4.79 Å². The summed E-state index contributed by atoms with van der Waals surface area (Å²) < 4.78 is 0. The largest absolute Gasteiger partial charge is 0.356 e. The molecule has 0 rings (SSSR count). The van der Waals surface area contributed by atoms with E-state index in [2.05, 4.69) is 33.0 Å². The molecule has 0 radical (unpaired) electrons. The molecule has 0 spiro atoms. The van der Waals surface area contributed by atoms with Crippen molar-refractivity contribution in [2.24, 2.45) is 5.41 Å². The predicted molar refractivity (Wildman–Crippen MR) is 61.2 cm³/mol. The first-order valence-electron chi connectivity index (χ1n) is 5.72. The van der Waals surface area contributed by atoms with Crippen molar-refractivity contribution >= 4 is 5.91 Å². The van der Waals surface area contributed by atoms with E-state index in [0.717, 1.165) is 25.8 Å². The van der Waals surface area contributed by atoms with Gasteiger partial charge in [-0.15, -0.1) is 0 Å². The molecule has 0 unspecified atom stereocenters. The zero-order valence-electron chi connectivity index (χ0n) is 10.2. The second kappa shape index (κ2) is 6.86. The molecule has 0 aliphatic heterocycles. The van der Waals surface area contributed by atoms with E-state index >= 15 is 0 Å². The van der Waals surface area contributed by atoms with Crippen LogP contribution >= 0.6 is 0 Å². The van der Waals surface area contributed by atoms with Crippen LogP contribution in [0.25, 0.3) is 0 Å². The van der Waals surface area contributed by atoms with Crippen LogP contribution in [0.4, 0.5) is 0 Å². The Balaban J connectivity index is 3.32. The number of nitrogens with one attached hydrogen (secondary N) is 1. The number of hydrogen-bond donors (Lipinski definition) is 1. The number of amides is 1. The van der Waals surface area contributed by atoms with E-state index in [9.17, 15) is 4.79 Å². The number of hydrogen-bond acceptors (Lipinski definition) is 1. The minimum Gasteiger partial charge on any atom is -0.356 e. The lowest BCUT2D eigenvalue weighted by Crippen LogP contribution is -2.24. The van der Waals surface area contributed by atoms with Gasteiger partial charge in [-0.2, -0.15) is 0 Å². The van der Waals surface area contributed by atoms with E-state index in [1.54, 1.807) is 0 Å². The lowest BCUT2D eigenvalue weighted by molar-refractivity contribution is -0.121. The summed E-state index contributed by atoms with van der Waals surface area (Å²) in [6, 6.07) is 0. The fraction of sp³-hybridized carbons (Fsp3) is 0.917. The Hall–Kier alpha value is -0.530. The highest BCUT2D eigenvalue weighted by molar-refractivity contribution is 5.75. The van der Waals surface area contributed by atoms with Gasteiger partial charge in [0, 0.05) is 13.0 Å². The Kier molecular flexibility index (Phi) is 6.60. The van der Waals surface area contributed by atoms with Crippen LogP contribution in [-0.4, -0.2) is 12.5 Å². The number of carbonyl (C=O) groups is 1. The molecule has 84 valence electrons. The van der Waals surface area contributed by atoms with Crippen molar-refractivity contribution in [3.05, 3.63) is 0 Å². The van der Waals surface area contributed by atoms with Gasteiger partial charge in [-0.3, -0.25) is 4.79 Å². The van der Waals surface area contributed by atoms with Crippen molar-refractivity contribution in [3.63, 3.8) is 0 Å². The molecule has 0 aromatic carbocycles. The maximum Gasteiger partial charge on any atom is 0.219 e. The maximum atomic E-state index is 11.2. The number of unbranched alkanes of at least 4 members (excludes halogenated alkanes) is 1. The number of rotatable bonds is 6. The van der Waals surface area contributed by atoms with Crippen molar-refractivity contribution in [2.75, 3.05) is 6.54 Å². The average Bonchev–Trinajstić information content (AvgIpc) is 2.07. The molecule has 0 aromatic rings. The monoisotopic (exact) mass is 199 g/mol. The maximum absolute atomic E-state index is 11.2. The SMILES string of the molecule is CCCCC(=O)NCCCC(C)(C)C. The fourth-order valence-electron chi connectivity index (χ4n) is 1.27. The van der Waals surface area contributed by atoms with Gasteiger partial charge in [0.1, 0.15) is 0 Å². The van der Waals surface area contributed by atoms with Crippen LogP contribution in [0.5, 0.6) is 0 Å². The molecule has 2 heteroatoms. The molecular weight excluding hydrogens is 174 g/mol. The normalized spacial score (nSPS) is 11.4. The van der Waals surface area contributed by atoms with Gasteiger partial charge in [-0.05, 0) is 24.7 Å². The van der Waals surface area contributed by atoms with Gasteiger partial charge in [-0.25, -0.2) is 0 Å². The number of carbonyl (C=O) groups excluding carboxylic acids is 1. The molecule has 0 saturated carbocycles. The molecule has 1 N–H and O–H groups in total. The van der Waals surface area contributed by atoms with Gasteiger partial charge >= 0.3 is 0 Å². The van der Waals surface area contributed by atoms with Gasteiger partial charge in [-0.1, -0.05) is 34.1 Å². The van der Waals surface area contributed by atoms with Gasteiger partial charge in [0.05, 0.1) is 0 Å². The van der Waals surface area contributed by atoms with E-state index in [-0.39, 0.29) is 5.91 Å². The minimum absolute atomic E-state index is 0.209. The van der Waals surface area contributed by atoms with Crippen molar-refractivity contribution in [1.29, 1.82) is 0 Å². The van der Waals surface area contributed by atoms with Crippen molar-refractivity contribution < 1.29 is 4.79 Å². The Morgan fingerprint density at radius 3 is 2.36 bits per heavy atom. The Labute approximate surface area is 88.5 Å². The van der Waals surface area contributed by atoms with E-state index < -0.39 is 0 Å². The predicted octanol–water partition coefficient (Wildman–Crippen LogP) is 3.12. The zero-order chi connectivity index (χ0) is 11.0. The van der Waals surface area contributed by atoms with E-state index in [0.29, 0.717) is 11.8 Å². The molecule has 0 aliphatic rings. The zero-order valence-corrected chi connectivity index (χ0v) is 10.2. The van der Waals surface area contributed by atoms with Crippen LogP contribution in [0.3, 0.4) is 0 Å². The first-order valence-corrected chi connectivity index (χ1v) is 5.72. The summed E-state index contributed by atoms with van der Waals surface area (Å²) in [6.45, 7) is 9.62. The highest BCUT2D eigenvalue weighted by Crippen LogP contribution is 2.19. The van der Waals surface area contributed by atoms with Crippen LogP contribution < -0.4 is 5.32 Å². The third-order valence-corrected chi connectivity index (χ3v) is 2.18. The summed E-state index contributed by atoms with van der Waals surface area (Å²) in [7, 11) is 0. The lowest BCUT2D eigenvalue weighted by Gasteiger charge is -2.17. The van der Waals surface area contributed by atoms with Gasteiger partial charge in [0.25, 0.3) is 0 Å². The molecule has 0 saturated heterocycles.